The highest BCUT2D eigenvalue weighted by molar-refractivity contribution is 6.31. The molecule has 1 saturated carbocycles. The molecule has 1 aliphatic carbocycles. The van der Waals surface area contributed by atoms with E-state index in [1.54, 1.807) is 6.07 Å². The number of amides is 1. The normalized spacial score (nSPS) is 14.8. The summed E-state index contributed by atoms with van der Waals surface area (Å²) in [6.45, 7) is 4.56. The van der Waals surface area contributed by atoms with Gasteiger partial charge in [-0.25, -0.2) is 0 Å². The van der Waals surface area contributed by atoms with E-state index < -0.39 is 0 Å². The summed E-state index contributed by atoms with van der Waals surface area (Å²) >= 11 is 5.97. The minimum Gasteiger partial charge on any atom is -0.349 e. The molecule has 0 aliphatic heterocycles. The number of hydrogen-bond donors (Lipinski definition) is 2. The van der Waals surface area contributed by atoms with Crippen LogP contribution in [0.15, 0.2) is 12.3 Å². The number of halogens is 1. The van der Waals surface area contributed by atoms with Crippen molar-refractivity contribution in [2.75, 3.05) is 19.6 Å². The second-order valence-electron chi connectivity index (χ2n) is 4.69. The molecule has 18 heavy (non-hydrogen) atoms. The van der Waals surface area contributed by atoms with Crippen molar-refractivity contribution >= 4 is 17.5 Å². The first-order valence-electron chi connectivity index (χ1n) is 6.58. The van der Waals surface area contributed by atoms with Gasteiger partial charge in [-0.05, 0) is 31.9 Å². The number of hydrogen-bond acceptors (Lipinski definition) is 2. The predicted octanol–water partition coefficient (Wildman–Crippen LogP) is 2.21. The fourth-order valence-corrected chi connectivity index (χ4v) is 2.15. The zero-order valence-corrected chi connectivity index (χ0v) is 11.5. The first kappa shape index (κ1) is 13.4. The Balaban J connectivity index is 1.84. The van der Waals surface area contributed by atoms with Crippen LogP contribution < -0.4 is 10.6 Å². The number of carbonyl (C=O) groups is 1. The number of nitrogens with zero attached hydrogens (tertiary/aromatic N) is 1. The maximum Gasteiger partial charge on any atom is 0.268 e. The van der Waals surface area contributed by atoms with Crippen molar-refractivity contribution in [3.63, 3.8) is 0 Å². The van der Waals surface area contributed by atoms with Gasteiger partial charge in [0, 0.05) is 25.3 Å². The van der Waals surface area contributed by atoms with Gasteiger partial charge in [0.1, 0.15) is 5.69 Å². The van der Waals surface area contributed by atoms with Crippen molar-refractivity contribution < 1.29 is 4.79 Å². The van der Waals surface area contributed by atoms with Crippen LogP contribution in [-0.2, 0) is 0 Å². The fraction of sp³-hybridized carbons (Fsp3) is 0.615. The molecule has 2 N–H and O–H groups in total. The molecule has 0 unspecified atom stereocenters. The molecule has 100 valence electrons. The molecule has 1 fully saturated rings. The maximum atomic E-state index is 12.0. The molecular weight excluding hydrogens is 250 g/mol. The molecule has 1 aromatic heterocycles. The van der Waals surface area contributed by atoms with Crippen molar-refractivity contribution in [1.29, 1.82) is 0 Å². The standard InChI is InChI=1S/C13H20ClN3O/c1-2-5-15-6-7-16-13(18)12-8-10(14)9-17(12)11-3-4-11/h8-9,11,15H,2-7H2,1H3,(H,16,18). The summed E-state index contributed by atoms with van der Waals surface area (Å²) in [6.07, 6.45) is 5.24. The van der Waals surface area contributed by atoms with E-state index in [9.17, 15) is 4.79 Å². The topological polar surface area (TPSA) is 46.1 Å². The smallest absolute Gasteiger partial charge is 0.268 e. The minimum absolute atomic E-state index is 0.0351. The molecule has 0 atom stereocenters. The quantitative estimate of drug-likeness (QED) is 0.746. The molecule has 1 heterocycles. The first-order chi connectivity index (χ1) is 8.72. The monoisotopic (exact) mass is 269 g/mol. The van der Waals surface area contributed by atoms with Gasteiger partial charge in [0.15, 0.2) is 0 Å². The number of aromatic nitrogens is 1. The van der Waals surface area contributed by atoms with Crippen molar-refractivity contribution in [1.82, 2.24) is 15.2 Å². The molecule has 2 rings (SSSR count). The van der Waals surface area contributed by atoms with Crippen LogP contribution >= 0.6 is 11.6 Å². The summed E-state index contributed by atoms with van der Waals surface area (Å²) in [7, 11) is 0. The van der Waals surface area contributed by atoms with Gasteiger partial charge >= 0.3 is 0 Å². The molecule has 0 aromatic carbocycles. The van der Waals surface area contributed by atoms with E-state index in [1.807, 2.05) is 10.8 Å². The van der Waals surface area contributed by atoms with Gasteiger partial charge in [-0.15, -0.1) is 0 Å². The van der Waals surface area contributed by atoms with Crippen LogP contribution in [0.3, 0.4) is 0 Å². The number of rotatable bonds is 7. The third kappa shape index (κ3) is 3.50. The highest BCUT2D eigenvalue weighted by Crippen LogP contribution is 2.37. The summed E-state index contributed by atoms with van der Waals surface area (Å²) in [5.74, 6) is -0.0351. The molecule has 0 radical (unpaired) electrons. The fourth-order valence-electron chi connectivity index (χ4n) is 1.94. The SMILES string of the molecule is CCCNCCNC(=O)c1cc(Cl)cn1C1CC1. The second kappa shape index (κ2) is 6.25. The van der Waals surface area contributed by atoms with Crippen LogP contribution in [0, 0.1) is 0 Å². The van der Waals surface area contributed by atoms with E-state index in [2.05, 4.69) is 17.6 Å². The average molecular weight is 270 g/mol. The molecule has 0 spiro atoms. The van der Waals surface area contributed by atoms with Crippen molar-refractivity contribution in [3.8, 4) is 0 Å². The van der Waals surface area contributed by atoms with Gasteiger partial charge in [0.2, 0.25) is 0 Å². The molecule has 1 amide bonds. The van der Waals surface area contributed by atoms with E-state index in [1.165, 1.54) is 0 Å². The molecular formula is C13H20ClN3O. The van der Waals surface area contributed by atoms with Crippen molar-refractivity contribution in [2.45, 2.75) is 32.2 Å². The molecule has 0 bridgehead atoms. The van der Waals surface area contributed by atoms with E-state index in [-0.39, 0.29) is 5.91 Å². The van der Waals surface area contributed by atoms with Crippen LogP contribution in [0.5, 0.6) is 0 Å². The number of carbonyl (C=O) groups excluding carboxylic acids is 1. The Bertz CT molecular complexity index is 412. The Morgan fingerprint density at radius 3 is 2.89 bits per heavy atom. The third-order valence-corrected chi connectivity index (χ3v) is 3.21. The van der Waals surface area contributed by atoms with Gasteiger partial charge in [0.05, 0.1) is 5.02 Å². The Morgan fingerprint density at radius 1 is 1.44 bits per heavy atom. The number of nitrogens with one attached hydrogen (secondary N) is 2. The molecule has 1 aromatic rings. The zero-order valence-electron chi connectivity index (χ0n) is 10.7. The largest absolute Gasteiger partial charge is 0.349 e. The molecule has 1 aliphatic rings. The summed E-state index contributed by atoms with van der Waals surface area (Å²) in [6, 6.07) is 2.21. The molecule has 0 saturated heterocycles. The van der Waals surface area contributed by atoms with Crippen LogP contribution in [0.4, 0.5) is 0 Å². The highest BCUT2D eigenvalue weighted by Gasteiger charge is 2.27. The van der Waals surface area contributed by atoms with Gasteiger partial charge in [-0.3, -0.25) is 4.79 Å². The Hall–Kier alpha value is -1.00. The summed E-state index contributed by atoms with van der Waals surface area (Å²) in [4.78, 5) is 12.0. The van der Waals surface area contributed by atoms with Crippen LogP contribution in [-0.4, -0.2) is 30.1 Å². The van der Waals surface area contributed by atoms with Crippen molar-refractivity contribution in [2.24, 2.45) is 0 Å². The van der Waals surface area contributed by atoms with Gasteiger partial charge in [-0.2, -0.15) is 0 Å². The van der Waals surface area contributed by atoms with E-state index >= 15 is 0 Å². The second-order valence-corrected chi connectivity index (χ2v) is 5.12. The van der Waals surface area contributed by atoms with E-state index in [0.717, 1.165) is 32.4 Å². The van der Waals surface area contributed by atoms with Gasteiger partial charge in [-0.1, -0.05) is 18.5 Å². The lowest BCUT2D eigenvalue weighted by molar-refractivity contribution is 0.0944. The van der Waals surface area contributed by atoms with Crippen molar-refractivity contribution in [3.05, 3.63) is 23.0 Å². The van der Waals surface area contributed by atoms with Gasteiger partial charge < -0.3 is 15.2 Å². The Labute approximate surface area is 113 Å². The average Bonchev–Trinajstić information content (AvgIpc) is 3.12. The summed E-state index contributed by atoms with van der Waals surface area (Å²) in [5.41, 5.74) is 0.679. The first-order valence-corrected chi connectivity index (χ1v) is 6.96. The van der Waals surface area contributed by atoms with Crippen LogP contribution in [0.2, 0.25) is 5.02 Å². The lowest BCUT2D eigenvalue weighted by Crippen LogP contribution is -2.33. The molecule has 4 nitrogen and oxygen atoms in total. The zero-order chi connectivity index (χ0) is 13.0. The van der Waals surface area contributed by atoms with Gasteiger partial charge in [0.25, 0.3) is 5.91 Å². The predicted molar refractivity (Wildman–Crippen MR) is 73.2 cm³/mol. The maximum absolute atomic E-state index is 12.0. The van der Waals surface area contributed by atoms with E-state index in [4.69, 9.17) is 11.6 Å². The summed E-state index contributed by atoms with van der Waals surface area (Å²) in [5, 5.41) is 6.80. The third-order valence-electron chi connectivity index (χ3n) is 3.00. The summed E-state index contributed by atoms with van der Waals surface area (Å²) < 4.78 is 2.00. The lowest BCUT2D eigenvalue weighted by Gasteiger charge is -2.08. The van der Waals surface area contributed by atoms with E-state index in [0.29, 0.717) is 23.3 Å². The van der Waals surface area contributed by atoms with Crippen LogP contribution in [0.25, 0.3) is 0 Å². The molecule has 5 heteroatoms. The Morgan fingerprint density at radius 2 is 2.22 bits per heavy atom. The minimum atomic E-state index is -0.0351. The lowest BCUT2D eigenvalue weighted by atomic mass is 10.4. The highest BCUT2D eigenvalue weighted by atomic mass is 35.5. The Kier molecular flexibility index (Phi) is 4.66. The van der Waals surface area contributed by atoms with Crippen LogP contribution in [0.1, 0.15) is 42.7 Å².